The predicted molar refractivity (Wildman–Crippen MR) is 26.0 cm³/mol. The average Bonchev–Trinajstić information content (AvgIpc) is 1.35. The first kappa shape index (κ1) is 5.92. The lowest BCUT2D eigenvalue weighted by Gasteiger charge is -1.95. The van der Waals surface area contributed by atoms with E-state index in [0.29, 0.717) is 5.92 Å². The molecular weight excluding hydrogens is 76.1 g/mol. The Kier molecular flexibility index (Phi) is 3.08. The lowest BCUT2D eigenvalue weighted by molar-refractivity contribution is 0.560. The molecule has 0 fully saturated rings. The van der Waals surface area contributed by atoms with Crippen molar-refractivity contribution in [2.75, 3.05) is 6.54 Å². The molecule has 2 N–H and O–H groups in total. The third kappa shape index (κ3) is 3.92. The summed E-state index contributed by atoms with van der Waals surface area (Å²) in [6.45, 7) is 4.94. The Labute approximate surface area is 38.7 Å². The molecule has 1 radical (unpaired) electrons. The number of nitrogens with zero attached hydrogens (tertiary/aromatic N) is 1. The summed E-state index contributed by atoms with van der Waals surface area (Å²) in [4.78, 5) is 0. The summed E-state index contributed by atoms with van der Waals surface area (Å²) in [6.07, 6.45) is 0. The average molecular weight is 87.1 g/mol. The molecule has 0 rings (SSSR count). The molecule has 2 nitrogen and oxygen atoms in total. The molecule has 2 heteroatoms. The normalized spacial score (nSPS) is 10.0. The van der Waals surface area contributed by atoms with Crippen LogP contribution in [-0.2, 0) is 0 Å². The number of hydrogen-bond donors (Lipinski definition) is 1. The van der Waals surface area contributed by atoms with E-state index < -0.39 is 0 Å². The molecule has 0 aromatic carbocycles. The third-order valence-electron chi connectivity index (χ3n) is 0.471. The summed E-state index contributed by atoms with van der Waals surface area (Å²) in [5.41, 5.74) is 3.44. The molecule has 0 aliphatic heterocycles. The quantitative estimate of drug-likeness (QED) is 0.377. The van der Waals surface area contributed by atoms with Crippen LogP contribution in [0.1, 0.15) is 13.8 Å². The van der Waals surface area contributed by atoms with Crippen molar-refractivity contribution in [1.82, 2.24) is 5.43 Å². The second-order valence-corrected chi connectivity index (χ2v) is 1.76. The molecule has 0 aromatic heterocycles. The first-order chi connectivity index (χ1) is 2.77. The van der Waals surface area contributed by atoms with Gasteiger partial charge in [0.2, 0.25) is 0 Å². The molecule has 0 atom stereocenters. The van der Waals surface area contributed by atoms with E-state index in [9.17, 15) is 0 Å². The highest BCUT2D eigenvalue weighted by atomic mass is 15.2. The van der Waals surface area contributed by atoms with Crippen molar-refractivity contribution in [2.45, 2.75) is 13.8 Å². The lowest BCUT2D eigenvalue weighted by atomic mass is 10.2. The fraction of sp³-hybridized carbons (Fsp3) is 1.00. The van der Waals surface area contributed by atoms with Gasteiger partial charge in [-0.25, -0.2) is 0 Å². The third-order valence-corrected chi connectivity index (χ3v) is 0.471. The molecule has 0 amide bonds. The topological polar surface area (TPSA) is 40.1 Å². The largest absolute Gasteiger partial charge is 0.254 e. The highest BCUT2D eigenvalue weighted by Gasteiger charge is 1.86. The zero-order valence-electron chi connectivity index (χ0n) is 4.31. The van der Waals surface area contributed by atoms with Crippen molar-refractivity contribution in [2.24, 2.45) is 11.8 Å². The zero-order valence-corrected chi connectivity index (χ0v) is 4.31. The molecule has 0 heterocycles. The van der Waals surface area contributed by atoms with E-state index in [1.807, 2.05) is 0 Å². The molecule has 0 spiro atoms. The SMILES string of the molecule is CC(C)C[N]N. The minimum absolute atomic E-state index is 0.606. The first-order valence-corrected chi connectivity index (χ1v) is 2.14. The van der Waals surface area contributed by atoms with E-state index in [4.69, 9.17) is 5.84 Å². The minimum atomic E-state index is 0.606. The van der Waals surface area contributed by atoms with Crippen LogP contribution in [0.25, 0.3) is 0 Å². The second-order valence-electron chi connectivity index (χ2n) is 1.76. The van der Waals surface area contributed by atoms with Crippen molar-refractivity contribution in [1.29, 1.82) is 0 Å². The van der Waals surface area contributed by atoms with Crippen molar-refractivity contribution < 1.29 is 0 Å². The van der Waals surface area contributed by atoms with Crippen LogP contribution < -0.4 is 11.3 Å². The maximum atomic E-state index is 4.85. The van der Waals surface area contributed by atoms with Gasteiger partial charge in [0.1, 0.15) is 0 Å². The summed E-state index contributed by atoms with van der Waals surface area (Å²) < 4.78 is 0. The van der Waals surface area contributed by atoms with Crippen LogP contribution in [0, 0.1) is 5.92 Å². The van der Waals surface area contributed by atoms with Crippen molar-refractivity contribution in [3.63, 3.8) is 0 Å². The minimum Gasteiger partial charge on any atom is -0.254 e. The Balaban J connectivity index is 2.63. The second kappa shape index (κ2) is 3.12. The van der Waals surface area contributed by atoms with Crippen molar-refractivity contribution in [3.8, 4) is 0 Å². The maximum Gasteiger partial charge on any atom is 0.0324 e. The molecule has 0 saturated heterocycles. The number of nitrogens with two attached hydrogens (primary N) is 1. The van der Waals surface area contributed by atoms with Gasteiger partial charge in [-0.3, -0.25) is 5.84 Å². The maximum absolute atomic E-state index is 4.85. The van der Waals surface area contributed by atoms with Gasteiger partial charge >= 0.3 is 0 Å². The van der Waals surface area contributed by atoms with Crippen LogP contribution in [0.4, 0.5) is 0 Å². The highest BCUT2D eigenvalue weighted by Crippen LogP contribution is 1.84. The van der Waals surface area contributed by atoms with Crippen LogP contribution in [0.2, 0.25) is 0 Å². The molecule has 0 unspecified atom stereocenters. The van der Waals surface area contributed by atoms with Gasteiger partial charge < -0.3 is 0 Å². The van der Waals surface area contributed by atoms with E-state index in [1.165, 1.54) is 0 Å². The summed E-state index contributed by atoms with van der Waals surface area (Å²) in [7, 11) is 0. The number of hydrogen-bond acceptors (Lipinski definition) is 1. The zero-order chi connectivity index (χ0) is 4.99. The Hall–Kier alpha value is -0.0800. The standard InChI is InChI=1S/C4H11N2/c1-4(2)3-6-5/h4H,3,5H2,1-2H3. The fourth-order valence-corrected chi connectivity index (χ4v) is 0.211. The van der Waals surface area contributed by atoms with E-state index in [-0.39, 0.29) is 0 Å². The molecule has 0 saturated carbocycles. The Morgan fingerprint density at radius 2 is 2.17 bits per heavy atom. The molecule has 0 aliphatic carbocycles. The summed E-state index contributed by atoms with van der Waals surface area (Å²) in [5, 5.41) is 0. The van der Waals surface area contributed by atoms with Crippen LogP contribution in [-0.4, -0.2) is 6.54 Å². The molecule has 0 bridgehead atoms. The summed E-state index contributed by atoms with van der Waals surface area (Å²) in [6, 6.07) is 0. The lowest BCUT2D eigenvalue weighted by Crippen LogP contribution is -2.17. The predicted octanol–water partition coefficient (Wildman–Crippen LogP) is 0.121. The monoisotopic (exact) mass is 87.1 g/mol. The van der Waals surface area contributed by atoms with Gasteiger partial charge in [0, 0.05) is 6.54 Å². The fourth-order valence-electron chi connectivity index (χ4n) is 0.211. The van der Waals surface area contributed by atoms with Crippen LogP contribution >= 0.6 is 0 Å². The van der Waals surface area contributed by atoms with E-state index >= 15 is 0 Å². The van der Waals surface area contributed by atoms with Gasteiger partial charge in [-0.2, -0.15) is 5.43 Å². The van der Waals surface area contributed by atoms with E-state index in [0.717, 1.165) is 6.54 Å². The van der Waals surface area contributed by atoms with E-state index in [1.54, 1.807) is 0 Å². The molecular formula is C4H11N2. The van der Waals surface area contributed by atoms with Gasteiger partial charge in [-0.15, -0.1) is 0 Å². The number of rotatable bonds is 2. The van der Waals surface area contributed by atoms with Crippen LogP contribution in [0.5, 0.6) is 0 Å². The van der Waals surface area contributed by atoms with Crippen LogP contribution in [0.15, 0.2) is 0 Å². The Morgan fingerprint density at radius 1 is 1.67 bits per heavy atom. The molecule has 0 aromatic rings. The molecule has 0 aliphatic rings. The molecule has 37 valence electrons. The van der Waals surface area contributed by atoms with E-state index in [2.05, 4.69) is 19.3 Å². The van der Waals surface area contributed by atoms with Gasteiger partial charge in [-0.1, -0.05) is 13.8 Å². The summed E-state index contributed by atoms with van der Waals surface area (Å²) in [5.74, 6) is 5.46. The van der Waals surface area contributed by atoms with Gasteiger partial charge in [0.05, 0.1) is 0 Å². The molecule has 6 heavy (non-hydrogen) atoms. The Bertz CT molecular complexity index is 26.7. The Morgan fingerprint density at radius 3 is 2.17 bits per heavy atom. The van der Waals surface area contributed by atoms with Crippen molar-refractivity contribution >= 4 is 0 Å². The smallest absolute Gasteiger partial charge is 0.0324 e. The first-order valence-electron chi connectivity index (χ1n) is 2.14. The highest BCUT2D eigenvalue weighted by molar-refractivity contribution is 4.40. The van der Waals surface area contributed by atoms with Crippen LogP contribution in [0.3, 0.4) is 0 Å². The van der Waals surface area contributed by atoms with Gasteiger partial charge in [-0.05, 0) is 5.92 Å². The van der Waals surface area contributed by atoms with Gasteiger partial charge in [0.25, 0.3) is 0 Å². The van der Waals surface area contributed by atoms with Crippen molar-refractivity contribution in [3.05, 3.63) is 0 Å². The van der Waals surface area contributed by atoms with Gasteiger partial charge in [0.15, 0.2) is 0 Å². The summed E-state index contributed by atoms with van der Waals surface area (Å²) >= 11 is 0.